The molecule has 0 radical (unpaired) electrons. The lowest BCUT2D eigenvalue weighted by atomic mass is 9.93. The number of carbonyl (C=O) groups excluding carboxylic acids is 1. The van der Waals surface area contributed by atoms with Gasteiger partial charge in [-0.05, 0) is 12.8 Å². The van der Waals surface area contributed by atoms with Gasteiger partial charge in [-0.3, -0.25) is 4.79 Å². The van der Waals surface area contributed by atoms with Gasteiger partial charge in [0.15, 0.2) is 0 Å². The van der Waals surface area contributed by atoms with E-state index in [1.165, 1.54) is 11.3 Å². The molecule has 0 spiro atoms. The van der Waals surface area contributed by atoms with Gasteiger partial charge in [0.2, 0.25) is 0 Å². The summed E-state index contributed by atoms with van der Waals surface area (Å²) in [7, 11) is 0. The average molecular weight is 184 g/mol. The first-order valence-electron chi connectivity index (χ1n) is 3.89. The van der Waals surface area contributed by atoms with E-state index in [1.54, 1.807) is 12.4 Å². The second kappa shape index (κ2) is 3.76. The molecule has 0 N–H and O–H groups in total. The van der Waals surface area contributed by atoms with Gasteiger partial charge in [-0.2, -0.15) is 0 Å². The third-order valence-corrected chi connectivity index (χ3v) is 2.52. The topological polar surface area (TPSA) is 42.9 Å². The zero-order chi connectivity index (χ0) is 9.14. The van der Waals surface area contributed by atoms with Crippen molar-refractivity contribution < 1.29 is 4.79 Å². The molecule has 12 heavy (non-hydrogen) atoms. The summed E-state index contributed by atoms with van der Waals surface area (Å²) in [5, 5.41) is 8.46. The molecule has 0 aliphatic carbocycles. The van der Waals surface area contributed by atoms with Gasteiger partial charge in [0.1, 0.15) is 16.3 Å². The van der Waals surface area contributed by atoms with Crippen LogP contribution in [0.4, 0.5) is 0 Å². The summed E-state index contributed by atoms with van der Waals surface area (Å²) in [4.78, 5) is 11.2. The summed E-state index contributed by atoms with van der Waals surface area (Å²) >= 11 is 1.44. The van der Waals surface area contributed by atoms with E-state index >= 15 is 0 Å². The highest BCUT2D eigenvalue weighted by Crippen LogP contribution is 2.25. The van der Waals surface area contributed by atoms with Gasteiger partial charge in [0.05, 0.1) is 5.92 Å². The van der Waals surface area contributed by atoms with Crippen molar-refractivity contribution in [3.63, 3.8) is 0 Å². The van der Waals surface area contributed by atoms with Crippen molar-refractivity contribution in [3.8, 4) is 0 Å². The summed E-state index contributed by atoms with van der Waals surface area (Å²) in [6, 6.07) is 0. The van der Waals surface area contributed by atoms with Crippen LogP contribution in [0.3, 0.4) is 0 Å². The Morgan fingerprint density at radius 3 is 2.58 bits per heavy atom. The van der Waals surface area contributed by atoms with Crippen LogP contribution in [-0.4, -0.2) is 16.0 Å². The monoisotopic (exact) mass is 184 g/mol. The molecule has 0 saturated carbocycles. The molecule has 0 aromatic carbocycles. The maximum absolute atomic E-state index is 11.2. The minimum Gasteiger partial charge on any atom is -0.299 e. The summed E-state index contributed by atoms with van der Waals surface area (Å²) in [6.07, 6.45) is 0. The molecule has 1 atom stereocenters. The molecule has 0 aliphatic rings. The molecular formula is C8H12N2OS. The van der Waals surface area contributed by atoms with Gasteiger partial charge < -0.3 is 0 Å². The van der Waals surface area contributed by atoms with Gasteiger partial charge in [-0.1, -0.05) is 13.8 Å². The van der Waals surface area contributed by atoms with E-state index in [-0.39, 0.29) is 11.7 Å². The van der Waals surface area contributed by atoms with E-state index < -0.39 is 0 Å². The number of carbonyl (C=O) groups is 1. The summed E-state index contributed by atoms with van der Waals surface area (Å²) in [5.41, 5.74) is 1.66. The first-order valence-corrected chi connectivity index (χ1v) is 4.77. The Bertz CT molecular complexity index is 256. The van der Waals surface area contributed by atoms with Crippen LogP contribution in [-0.2, 0) is 4.79 Å². The zero-order valence-corrected chi connectivity index (χ0v) is 8.26. The fourth-order valence-corrected chi connectivity index (χ4v) is 2.13. The Morgan fingerprint density at radius 2 is 2.25 bits per heavy atom. The first-order chi connectivity index (χ1) is 5.63. The van der Waals surface area contributed by atoms with E-state index in [2.05, 4.69) is 10.2 Å². The first kappa shape index (κ1) is 9.32. The second-order valence-electron chi connectivity index (χ2n) is 3.11. The van der Waals surface area contributed by atoms with Gasteiger partial charge in [-0.25, -0.2) is 0 Å². The number of aromatic nitrogens is 2. The predicted octanol–water partition coefficient (Wildman–Crippen LogP) is 1.87. The molecule has 0 bridgehead atoms. The fraction of sp³-hybridized carbons (Fsp3) is 0.625. The number of Topliss-reactive ketones (excluding diaryl/α,β-unsaturated/α-hetero) is 1. The highest BCUT2D eigenvalue weighted by Gasteiger charge is 2.23. The molecule has 0 aliphatic heterocycles. The molecule has 1 rings (SSSR count). The SMILES string of the molecule is CC(=O)C(c1nncs1)C(C)C. The number of hydrogen-bond acceptors (Lipinski definition) is 4. The predicted molar refractivity (Wildman–Crippen MR) is 48.2 cm³/mol. The molecular weight excluding hydrogens is 172 g/mol. The fourth-order valence-electron chi connectivity index (χ4n) is 1.25. The molecule has 1 aromatic rings. The van der Waals surface area contributed by atoms with Gasteiger partial charge in [0, 0.05) is 0 Å². The maximum atomic E-state index is 11.2. The molecule has 1 unspecified atom stereocenters. The maximum Gasteiger partial charge on any atom is 0.140 e. The molecule has 0 fully saturated rings. The van der Waals surface area contributed by atoms with Gasteiger partial charge in [-0.15, -0.1) is 21.5 Å². The van der Waals surface area contributed by atoms with Crippen LogP contribution < -0.4 is 0 Å². The summed E-state index contributed by atoms with van der Waals surface area (Å²) < 4.78 is 0. The Labute approximate surface area is 75.8 Å². The number of rotatable bonds is 3. The van der Waals surface area contributed by atoms with Crippen molar-refractivity contribution in [1.82, 2.24) is 10.2 Å². The smallest absolute Gasteiger partial charge is 0.140 e. The van der Waals surface area contributed by atoms with E-state index in [1.807, 2.05) is 13.8 Å². The van der Waals surface area contributed by atoms with Crippen molar-refractivity contribution in [2.45, 2.75) is 26.7 Å². The number of hydrogen-bond donors (Lipinski definition) is 0. The van der Waals surface area contributed by atoms with Crippen LogP contribution in [0, 0.1) is 5.92 Å². The van der Waals surface area contributed by atoms with E-state index in [9.17, 15) is 4.79 Å². The van der Waals surface area contributed by atoms with Crippen LogP contribution >= 0.6 is 11.3 Å². The second-order valence-corrected chi connectivity index (χ2v) is 3.97. The van der Waals surface area contributed by atoms with Crippen LogP contribution in [0.25, 0.3) is 0 Å². The standard InChI is InChI=1S/C8H12N2OS/c1-5(2)7(6(3)11)8-10-9-4-12-8/h4-5,7H,1-3H3. The van der Waals surface area contributed by atoms with Crippen molar-refractivity contribution in [2.75, 3.05) is 0 Å². The Balaban J connectivity index is 2.88. The third kappa shape index (κ3) is 1.88. The lowest BCUT2D eigenvalue weighted by Gasteiger charge is -2.13. The summed E-state index contributed by atoms with van der Waals surface area (Å²) in [5.74, 6) is 0.398. The Hall–Kier alpha value is -0.770. The average Bonchev–Trinajstić information content (AvgIpc) is 2.37. The van der Waals surface area contributed by atoms with Crippen LogP contribution in [0.1, 0.15) is 31.7 Å². The zero-order valence-electron chi connectivity index (χ0n) is 7.44. The molecule has 4 heteroatoms. The number of nitrogens with zero attached hydrogens (tertiary/aromatic N) is 2. The molecule has 0 amide bonds. The Kier molecular flexibility index (Phi) is 2.92. The Morgan fingerprint density at radius 1 is 1.58 bits per heavy atom. The van der Waals surface area contributed by atoms with Crippen molar-refractivity contribution >= 4 is 17.1 Å². The molecule has 66 valence electrons. The van der Waals surface area contributed by atoms with E-state index in [0.29, 0.717) is 5.92 Å². The van der Waals surface area contributed by atoms with E-state index in [0.717, 1.165) is 5.01 Å². The molecule has 3 nitrogen and oxygen atoms in total. The van der Waals surface area contributed by atoms with Crippen molar-refractivity contribution in [1.29, 1.82) is 0 Å². The van der Waals surface area contributed by atoms with Gasteiger partial charge >= 0.3 is 0 Å². The minimum atomic E-state index is -0.0718. The highest BCUT2D eigenvalue weighted by atomic mass is 32.1. The minimum absolute atomic E-state index is 0.0718. The van der Waals surface area contributed by atoms with Crippen molar-refractivity contribution in [2.24, 2.45) is 5.92 Å². The summed E-state index contributed by atoms with van der Waals surface area (Å²) in [6.45, 7) is 5.65. The lowest BCUT2D eigenvalue weighted by molar-refractivity contribution is -0.119. The molecule has 0 saturated heterocycles. The largest absolute Gasteiger partial charge is 0.299 e. The van der Waals surface area contributed by atoms with Crippen LogP contribution in [0.2, 0.25) is 0 Å². The van der Waals surface area contributed by atoms with Crippen LogP contribution in [0.15, 0.2) is 5.51 Å². The number of ketones is 1. The normalized spacial score (nSPS) is 13.3. The molecule has 1 aromatic heterocycles. The van der Waals surface area contributed by atoms with E-state index in [4.69, 9.17) is 0 Å². The van der Waals surface area contributed by atoms with Crippen LogP contribution in [0.5, 0.6) is 0 Å². The van der Waals surface area contributed by atoms with Gasteiger partial charge in [0.25, 0.3) is 0 Å². The quantitative estimate of drug-likeness (QED) is 0.720. The molecule has 1 heterocycles. The lowest BCUT2D eigenvalue weighted by Crippen LogP contribution is -2.14. The third-order valence-electron chi connectivity index (χ3n) is 1.75. The van der Waals surface area contributed by atoms with Crippen molar-refractivity contribution in [3.05, 3.63) is 10.5 Å². The highest BCUT2D eigenvalue weighted by molar-refractivity contribution is 7.09.